The first-order valence-electron chi connectivity index (χ1n) is 7.10. The molecule has 1 aromatic heterocycles. The highest BCUT2D eigenvalue weighted by Crippen LogP contribution is 2.35. The van der Waals surface area contributed by atoms with Crippen LogP contribution in [-0.2, 0) is 4.79 Å². The molecule has 0 fully saturated rings. The minimum atomic E-state index is -1.05. The predicted octanol–water partition coefficient (Wildman–Crippen LogP) is 3.89. The maximum atomic E-state index is 13.9. The van der Waals surface area contributed by atoms with Crippen LogP contribution in [0.4, 0.5) is 4.39 Å². The van der Waals surface area contributed by atoms with E-state index in [1.807, 2.05) is 6.07 Å². The van der Waals surface area contributed by atoms with E-state index in [1.165, 1.54) is 13.0 Å². The van der Waals surface area contributed by atoms with Crippen LogP contribution in [0.3, 0.4) is 0 Å². The molecule has 1 N–H and O–H groups in total. The minimum absolute atomic E-state index is 0.353. The summed E-state index contributed by atoms with van der Waals surface area (Å²) in [6.45, 7) is 1.46. The van der Waals surface area contributed by atoms with Crippen LogP contribution in [0.1, 0.15) is 6.92 Å². The van der Waals surface area contributed by atoms with Gasteiger partial charge in [-0.2, -0.15) is 0 Å². The molecule has 1 unspecified atom stereocenters. The molecule has 0 saturated carbocycles. The minimum Gasteiger partial charge on any atom is -0.479 e. The summed E-state index contributed by atoms with van der Waals surface area (Å²) in [5.74, 6) is -0.989. The number of carboxylic acid groups (broad SMARTS) is 1. The van der Waals surface area contributed by atoms with E-state index in [1.54, 1.807) is 42.6 Å². The summed E-state index contributed by atoms with van der Waals surface area (Å²) in [7, 11) is 0. The van der Waals surface area contributed by atoms with Crippen molar-refractivity contribution in [3.63, 3.8) is 0 Å². The number of benzene rings is 2. The largest absolute Gasteiger partial charge is 0.479 e. The maximum Gasteiger partial charge on any atom is 0.344 e. The molecule has 2 aromatic carbocycles. The lowest BCUT2D eigenvalue weighted by atomic mass is 10.0. The van der Waals surface area contributed by atoms with Gasteiger partial charge < -0.3 is 9.84 Å². The number of ether oxygens (including phenoxy) is 1. The van der Waals surface area contributed by atoms with Gasteiger partial charge in [0.2, 0.25) is 0 Å². The third kappa shape index (κ3) is 2.85. The highest BCUT2D eigenvalue weighted by Gasteiger charge is 2.17. The number of aromatic nitrogens is 1. The number of rotatable bonds is 4. The Bertz CT molecular complexity index is 879. The smallest absolute Gasteiger partial charge is 0.344 e. The van der Waals surface area contributed by atoms with Crippen molar-refractivity contribution in [2.75, 3.05) is 0 Å². The molecule has 0 bridgehead atoms. The van der Waals surface area contributed by atoms with Crippen LogP contribution in [0, 0.1) is 5.82 Å². The summed E-state index contributed by atoms with van der Waals surface area (Å²) >= 11 is 0. The van der Waals surface area contributed by atoms with Gasteiger partial charge in [-0.15, -0.1) is 0 Å². The van der Waals surface area contributed by atoms with E-state index in [2.05, 4.69) is 4.98 Å². The van der Waals surface area contributed by atoms with E-state index in [0.717, 1.165) is 0 Å². The topological polar surface area (TPSA) is 59.4 Å². The monoisotopic (exact) mass is 311 g/mol. The van der Waals surface area contributed by atoms with Gasteiger partial charge in [-0.05, 0) is 37.3 Å². The molecule has 3 aromatic rings. The van der Waals surface area contributed by atoms with E-state index in [-0.39, 0.29) is 5.82 Å². The molecule has 0 aliphatic rings. The van der Waals surface area contributed by atoms with Crippen molar-refractivity contribution >= 4 is 16.9 Å². The second kappa shape index (κ2) is 6.04. The Balaban J connectivity index is 2.17. The number of halogens is 1. The number of nitrogens with zero attached hydrogens (tertiary/aromatic N) is 1. The van der Waals surface area contributed by atoms with E-state index in [4.69, 9.17) is 9.84 Å². The Morgan fingerprint density at radius 3 is 2.70 bits per heavy atom. The SMILES string of the molecule is CC(Oc1ccccc1-c1ccc(F)c2cccnc12)C(=O)O. The molecule has 0 spiro atoms. The van der Waals surface area contributed by atoms with Crippen LogP contribution >= 0.6 is 0 Å². The summed E-state index contributed by atoms with van der Waals surface area (Å²) < 4.78 is 19.5. The fourth-order valence-corrected chi connectivity index (χ4v) is 2.39. The second-order valence-electron chi connectivity index (χ2n) is 5.09. The number of hydrogen-bond donors (Lipinski definition) is 1. The average Bonchev–Trinajstić information content (AvgIpc) is 2.56. The Morgan fingerprint density at radius 1 is 1.13 bits per heavy atom. The van der Waals surface area contributed by atoms with Crippen molar-refractivity contribution in [2.24, 2.45) is 0 Å². The van der Waals surface area contributed by atoms with Crippen LogP contribution in [0.2, 0.25) is 0 Å². The number of carboxylic acids is 1. The lowest BCUT2D eigenvalue weighted by Gasteiger charge is -2.15. The molecule has 4 nitrogen and oxygen atoms in total. The zero-order chi connectivity index (χ0) is 16.4. The number of fused-ring (bicyclic) bond motifs is 1. The molecule has 3 rings (SSSR count). The first kappa shape index (κ1) is 15.0. The highest BCUT2D eigenvalue weighted by atomic mass is 19.1. The molecular formula is C18H14FNO3. The van der Waals surface area contributed by atoms with Crippen molar-refractivity contribution in [1.29, 1.82) is 0 Å². The summed E-state index contributed by atoms with van der Waals surface area (Å²) in [6.07, 6.45) is 0.602. The standard InChI is InChI=1S/C18H14FNO3/c1-11(18(21)22)23-16-7-3-2-5-12(16)13-8-9-15(19)14-6-4-10-20-17(13)14/h2-11H,1H3,(H,21,22). The molecule has 0 aliphatic carbocycles. The summed E-state index contributed by atoms with van der Waals surface area (Å²) in [5.41, 5.74) is 1.87. The van der Waals surface area contributed by atoms with Gasteiger partial charge >= 0.3 is 5.97 Å². The van der Waals surface area contributed by atoms with E-state index in [9.17, 15) is 9.18 Å². The molecule has 0 saturated heterocycles. The molecule has 0 radical (unpaired) electrons. The van der Waals surface area contributed by atoms with E-state index in [0.29, 0.717) is 27.8 Å². The van der Waals surface area contributed by atoms with Gasteiger partial charge in [-0.3, -0.25) is 4.98 Å². The fourth-order valence-electron chi connectivity index (χ4n) is 2.39. The van der Waals surface area contributed by atoms with Gasteiger partial charge in [0.1, 0.15) is 11.6 Å². The average molecular weight is 311 g/mol. The molecule has 5 heteroatoms. The first-order valence-corrected chi connectivity index (χ1v) is 7.10. The Kier molecular flexibility index (Phi) is 3.93. The predicted molar refractivity (Wildman–Crippen MR) is 84.9 cm³/mol. The number of aliphatic carboxylic acids is 1. The molecule has 0 amide bonds. The third-order valence-corrected chi connectivity index (χ3v) is 3.55. The lowest BCUT2D eigenvalue weighted by molar-refractivity contribution is -0.144. The van der Waals surface area contributed by atoms with Crippen molar-refractivity contribution in [3.05, 3.63) is 60.5 Å². The molecular weight excluding hydrogens is 297 g/mol. The zero-order valence-electron chi connectivity index (χ0n) is 12.4. The van der Waals surface area contributed by atoms with Crippen LogP contribution in [0.5, 0.6) is 5.75 Å². The number of carbonyl (C=O) groups is 1. The van der Waals surface area contributed by atoms with E-state index < -0.39 is 12.1 Å². The zero-order valence-corrected chi connectivity index (χ0v) is 12.4. The van der Waals surface area contributed by atoms with Crippen molar-refractivity contribution in [1.82, 2.24) is 4.98 Å². The lowest BCUT2D eigenvalue weighted by Crippen LogP contribution is -2.23. The Morgan fingerprint density at radius 2 is 1.91 bits per heavy atom. The quantitative estimate of drug-likeness (QED) is 0.794. The van der Waals surface area contributed by atoms with Crippen molar-refractivity contribution in [3.8, 4) is 16.9 Å². The van der Waals surface area contributed by atoms with Crippen LogP contribution in [0.15, 0.2) is 54.7 Å². The molecule has 1 heterocycles. The highest BCUT2D eigenvalue weighted by molar-refractivity contribution is 5.95. The van der Waals surface area contributed by atoms with Crippen LogP contribution in [-0.4, -0.2) is 22.2 Å². The van der Waals surface area contributed by atoms with Crippen LogP contribution < -0.4 is 4.74 Å². The van der Waals surface area contributed by atoms with Crippen LogP contribution in [0.25, 0.3) is 22.0 Å². The van der Waals surface area contributed by atoms with Crippen molar-refractivity contribution in [2.45, 2.75) is 13.0 Å². The fraction of sp³-hybridized carbons (Fsp3) is 0.111. The number of pyridine rings is 1. The molecule has 116 valence electrons. The van der Waals surface area contributed by atoms with Crippen molar-refractivity contribution < 1.29 is 19.0 Å². The maximum absolute atomic E-state index is 13.9. The van der Waals surface area contributed by atoms with Gasteiger partial charge in [0.15, 0.2) is 6.10 Å². The Hall–Kier alpha value is -2.95. The normalized spacial score (nSPS) is 12.1. The van der Waals surface area contributed by atoms with Gasteiger partial charge in [0, 0.05) is 22.7 Å². The second-order valence-corrected chi connectivity index (χ2v) is 5.09. The van der Waals surface area contributed by atoms with Gasteiger partial charge in [-0.25, -0.2) is 9.18 Å². The van der Waals surface area contributed by atoms with Gasteiger partial charge in [-0.1, -0.05) is 18.2 Å². The molecule has 23 heavy (non-hydrogen) atoms. The summed E-state index contributed by atoms with van der Waals surface area (Å²) in [6, 6.07) is 13.4. The first-order chi connectivity index (χ1) is 11.1. The number of para-hydroxylation sites is 1. The van der Waals surface area contributed by atoms with Gasteiger partial charge in [0.25, 0.3) is 0 Å². The molecule has 0 aliphatic heterocycles. The summed E-state index contributed by atoms with van der Waals surface area (Å²) in [4.78, 5) is 15.3. The molecule has 1 atom stereocenters. The number of hydrogen-bond acceptors (Lipinski definition) is 3. The van der Waals surface area contributed by atoms with E-state index >= 15 is 0 Å². The van der Waals surface area contributed by atoms with Gasteiger partial charge in [0.05, 0.1) is 5.52 Å². The summed E-state index contributed by atoms with van der Waals surface area (Å²) in [5, 5.41) is 9.43. The Labute approximate surface area is 132 Å². The third-order valence-electron chi connectivity index (χ3n) is 3.55.